The van der Waals surface area contributed by atoms with Crippen molar-refractivity contribution in [2.24, 2.45) is 5.92 Å². The molecule has 1 heterocycles. The Balaban J connectivity index is 2.22. The van der Waals surface area contributed by atoms with Crippen molar-refractivity contribution in [1.82, 2.24) is 10.3 Å². The zero-order chi connectivity index (χ0) is 10.7. The summed E-state index contributed by atoms with van der Waals surface area (Å²) in [6, 6.07) is 4.75. The molecule has 1 N–H and O–H groups in total. The van der Waals surface area contributed by atoms with Crippen molar-refractivity contribution in [1.29, 1.82) is 0 Å². The van der Waals surface area contributed by atoms with E-state index in [0.29, 0.717) is 6.04 Å². The Bertz CT molecular complexity index is 316. The molecule has 1 unspecified atom stereocenters. The number of nitrogens with one attached hydrogen (secondary N) is 1. The minimum absolute atomic E-state index is 0.501. The van der Waals surface area contributed by atoms with Gasteiger partial charge in [0.1, 0.15) is 0 Å². The van der Waals surface area contributed by atoms with Crippen LogP contribution in [0.3, 0.4) is 0 Å². The number of rotatable bonds is 3. The smallest absolute Gasteiger partial charge is 0.0420 e. The van der Waals surface area contributed by atoms with E-state index in [0.717, 1.165) is 5.92 Å². The van der Waals surface area contributed by atoms with Crippen LogP contribution in [0.15, 0.2) is 18.3 Å². The van der Waals surface area contributed by atoms with Gasteiger partial charge in [-0.05, 0) is 44.4 Å². The van der Waals surface area contributed by atoms with Gasteiger partial charge in [-0.3, -0.25) is 4.98 Å². The fourth-order valence-electron chi connectivity index (χ4n) is 2.76. The van der Waals surface area contributed by atoms with Crippen LogP contribution in [-0.4, -0.2) is 12.0 Å². The van der Waals surface area contributed by atoms with E-state index in [9.17, 15) is 0 Å². The monoisotopic (exact) mass is 204 g/mol. The highest BCUT2D eigenvalue weighted by molar-refractivity contribution is 5.23. The van der Waals surface area contributed by atoms with Gasteiger partial charge in [-0.2, -0.15) is 0 Å². The molecule has 0 aliphatic heterocycles. The SMILES string of the molecule is CNC(c1cccnc1C)C1CCCC1. The number of aryl methyl sites for hydroxylation is 1. The Labute approximate surface area is 92.1 Å². The highest BCUT2D eigenvalue weighted by Crippen LogP contribution is 2.35. The van der Waals surface area contributed by atoms with Crippen LogP contribution < -0.4 is 5.32 Å². The number of hydrogen-bond acceptors (Lipinski definition) is 2. The molecule has 0 amide bonds. The van der Waals surface area contributed by atoms with Crippen molar-refractivity contribution in [3.8, 4) is 0 Å². The first-order valence-corrected chi connectivity index (χ1v) is 5.91. The predicted molar refractivity (Wildman–Crippen MR) is 62.7 cm³/mol. The third kappa shape index (κ3) is 2.20. The molecule has 1 fully saturated rings. The summed E-state index contributed by atoms with van der Waals surface area (Å²) in [5.41, 5.74) is 2.55. The van der Waals surface area contributed by atoms with Crippen molar-refractivity contribution >= 4 is 0 Å². The van der Waals surface area contributed by atoms with Crippen molar-refractivity contribution < 1.29 is 0 Å². The average Bonchev–Trinajstić information content (AvgIpc) is 2.75. The second-order valence-corrected chi connectivity index (χ2v) is 4.49. The Morgan fingerprint density at radius 3 is 2.73 bits per heavy atom. The number of aromatic nitrogens is 1. The van der Waals surface area contributed by atoms with Crippen molar-refractivity contribution in [3.63, 3.8) is 0 Å². The third-order valence-corrected chi connectivity index (χ3v) is 3.57. The van der Waals surface area contributed by atoms with E-state index in [4.69, 9.17) is 0 Å². The maximum Gasteiger partial charge on any atom is 0.0420 e. The van der Waals surface area contributed by atoms with Gasteiger partial charge < -0.3 is 5.32 Å². The molecular weight excluding hydrogens is 184 g/mol. The van der Waals surface area contributed by atoms with Gasteiger partial charge in [-0.1, -0.05) is 18.9 Å². The zero-order valence-corrected chi connectivity index (χ0v) is 9.66. The van der Waals surface area contributed by atoms with Gasteiger partial charge in [-0.25, -0.2) is 0 Å². The molecule has 1 aromatic rings. The fraction of sp³-hybridized carbons (Fsp3) is 0.615. The Kier molecular flexibility index (Phi) is 3.37. The summed E-state index contributed by atoms with van der Waals surface area (Å²) in [5, 5.41) is 3.46. The summed E-state index contributed by atoms with van der Waals surface area (Å²) >= 11 is 0. The second-order valence-electron chi connectivity index (χ2n) is 4.49. The molecule has 2 rings (SSSR count). The lowest BCUT2D eigenvalue weighted by Gasteiger charge is -2.24. The Hall–Kier alpha value is -0.890. The van der Waals surface area contributed by atoms with Crippen molar-refractivity contribution in [2.45, 2.75) is 38.6 Å². The lowest BCUT2D eigenvalue weighted by atomic mass is 9.91. The van der Waals surface area contributed by atoms with Crippen molar-refractivity contribution in [2.75, 3.05) is 7.05 Å². The molecule has 0 radical (unpaired) electrons. The van der Waals surface area contributed by atoms with E-state index >= 15 is 0 Å². The van der Waals surface area contributed by atoms with E-state index in [1.165, 1.54) is 36.9 Å². The third-order valence-electron chi connectivity index (χ3n) is 3.57. The molecule has 0 aromatic carbocycles. The van der Waals surface area contributed by atoms with Crippen molar-refractivity contribution in [3.05, 3.63) is 29.6 Å². The molecule has 82 valence electrons. The fourth-order valence-corrected chi connectivity index (χ4v) is 2.76. The van der Waals surface area contributed by atoms with Crippen LogP contribution in [0.4, 0.5) is 0 Å². The van der Waals surface area contributed by atoms with Gasteiger partial charge in [0.05, 0.1) is 0 Å². The maximum absolute atomic E-state index is 4.38. The first kappa shape index (κ1) is 10.6. The number of hydrogen-bond donors (Lipinski definition) is 1. The minimum Gasteiger partial charge on any atom is -0.313 e. The van der Waals surface area contributed by atoms with E-state index in [1.807, 2.05) is 12.3 Å². The van der Waals surface area contributed by atoms with E-state index < -0.39 is 0 Å². The van der Waals surface area contributed by atoms with Crippen LogP contribution in [0.5, 0.6) is 0 Å². The highest BCUT2D eigenvalue weighted by atomic mass is 14.9. The predicted octanol–water partition coefficient (Wildman–Crippen LogP) is 2.84. The summed E-state index contributed by atoms with van der Waals surface area (Å²) in [5.74, 6) is 0.804. The summed E-state index contributed by atoms with van der Waals surface area (Å²) in [6.45, 7) is 2.11. The summed E-state index contributed by atoms with van der Waals surface area (Å²) < 4.78 is 0. The Morgan fingerprint density at radius 2 is 2.13 bits per heavy atom. The maximum atomic E-state index is 4.38. The number of nitrogens with zero attached hydrogens (tertiary/aromatic N) is 1. The van der Waals surface area contributed by atoms with Gasteiger partial charge in [0.25, 0.3) is 0 Å². The first-order chi connectivity index (χ1) is 7.33. The van der Waals surface area contributed by atoms with Gasteiger partial charge in [0.15, 0.2) is 0 Å². The standard InChI is InChI=1S/C13H20N2/c1-10-12(8-5-9-15-10)13(14-2)11-6-3-4-7-11/h5,8-9,11,13-14H,3-4,6-7H2,1-2H3. The van der Waals surface area contributed by atoms with E-state index in [1.54, 1.807) is 0 Å². The quantitative estimate of drug-likeness (QED) is 0.819. The summed E-state index contributed by atoms with van der Waals surface area (Å²) in [7, 11) is 2.06. The number of pyridine rings is 1. The zero-order valence-electron chi connectivity index (χ0n) is 9.66. The molecule has 1 saturated carbocycles. The molecule has 1 aliphatic rings. The van der Waals surface area contributed by atoms with Gasteiger partial charge in [0, 0.05) is 17.9 Å². The van der Waals surface area contributed by atoms with E-state index in [2.05, 4.69) is 30.3 Å². The average molecular weight is 204 g/mol. The molecule has 0 bridgehead atoms. The van der Waals surface area contributed by atoms with Crippen LogP contribution in [-0.2, 0) is 0 Å². The largest absolute Gasteiger partial charge is 0.313 e. The summed E-state index contributed by atoms with van der Waals surface area (Å²) in [4.78, 5) is 4.38. The molecule has 2 nitrogen and oxygen atoms in total. The molecule has 2 heteroatoms. The minimum atomic E-state index is 0.501. The van der Waals surface area contributed by atoms with E-state index in [-0.39, 0.29) is 0 Å². The lowest BCUT2D eigenvalue weighted by molar-refractivity contribution is 0.388. The molecule has 1 aliphatic carbocycles. The molecule has 1 aromatic heterocycles. The topological polar surface area (TPSA) is 24.9 Å². The first-order valence-electron chi connectivity index (χ1n) is 5.91. The van der Waals surface area contributed by atoms with Crippen LogP contribution in [0.2, 0.25) is 0 Å². The van der Waals surface area contributed by atoms with Crippen LogP contribution >= 0.6 is 0 Å². The van der Waals surface area contributed by atoms with Crippen LogP contribution in [0, 0.1) is 12.8 Å². The van der Waals surface area contributed by atoms with Gasteiger partial charge in [0.2, 0.25) is 0 Å². The molecule has 0 saturated heterocycles. The highest BCUT2D eigenvalue weighted by Gasteiger charge is 2.25. The van der Waals surface area contributed by atoms with Gasteiger partial charge in [-0.15, -0.1) is 0 Å². The molecular formula is C13H20N2. The summed E-state index contributed by atoms with van der Waals surface area (Å²) in [6.07, 6.45) is 7.38. The lowest BCUT2D eigenvalue weighted by Crippen LogP contribution is -2.24. The van der Waals surface area contributed by atoms with Gasteiger partial charge >= 0.3 is 0 Å². The normalized spacial score (nSPS) is 19.3. The molecule has 1 atom stereocenters. The van der Waals surface area contributed by atoms with Crippen LogP contribution in [0.25, 0.3) is 0 Å². The molecule has 0 spiro atoms. The molecule has 15 heavy (non-hydrogen) atoms. The second kappa shape index (κ2) is 4.75. The Morgan fingerprint density at radius 1 is 1.40 bits per heavy atom. The van der Waals surface area contributed by atoms with Crippen LogP contribution in [0.1, 0.15) is 43.0 Å².